The van der Waals surface area contributed by atoms with Crippen LogP contribution in [0.25, 0.3) is 0 Å². The maximum atomic E-state index is 13.4. The monoisotopic (exact) mass is 1050 g/mol. The number of hydrogen-bond donors (Lipinski definition) is 6. The summed E-state index contributed by atoms with van der Waals surface area (Å²) in [4.78, 5) is 26.5. The van der Waals surface area contributed by atoms with Crippen molar-refractivity contribution in [3.8, 4) is 0 Å². The first-order chi connectivity index (χ1) is 36.7. The second-order valence-corrected chi connectivity index (χ2v) is 20.4. The van der Waals surface area contributed by atoms with Gasteiger partial charge in [-0.3, -0.25) is 9.59 Å². The Hall–Kier alpha value is -3.42. The zero-order valence-corrected chi connectivity index (χ0v) is 47.4. The van der Waals surface area contributed by atoms with E-state index in [2.05, 4.69) is 74.7 Å². The first-order valence-electron chi connectivity index (χ1n) is 30.1. The average Bonchev–Trinajstić information content (AvgIpc) is 3.41. The second kappa shape index (κ2) is 51.3. The number of nitrogens with one attached hydrogen (secondary N) is 1. The van der Waals surface area contributed by atoms with Crippen molar-refractivity contribution < 1.29 is 49.3 Å². The van der Waals surface area contributed by atoms with Gasteiger partial charge in [0, 0.05) is 6.42 Å². The zero-order chi connectivity index (χ0) is 54.7. The average molecular weight is 1050 g/mol. The van der Waals surface area contributed by atoms with Gasteiger partial charge >= 0.3 is 5.97 Å². The van der Waals surface area contributed by atoms with Crippen LogP contribution < -0.4 is 5.32 Å². The topological polar surface area (TPSA) is 175 Å². The third-order valence-corrected chi connectivity index (χ3v) is 13.6. The van der Waals surface area contributed by atoms with E-state index in [4.69, 9.17) is 14.2 Å². The van der Waals surface area contributed by atoms with E-state index in [1.165, 1.54) is 83.5 Å². The summed E-state index contributed by atoms with van der Waals surface area (Å²) in [5.41, 5.74) is 0. The number of amides is 1. The lowest BCUT2D eigenvalue weighted by molar-refractivity contribution is -0.305. The number of aliphatic hydroxyl groups is 5. The molecule has 8 atom stereocenters. The van der Waals surface area contributed by atoms with Crippen LogP contribution >= 0.6 is 0 Å². The van der Waals surface area contributed by atoms with Gasteiger partial charge < -0.3 is 45.1 Å². The fourth-order valence-electron chi connectivity index (χ4n) is 8.78. The lowest BCUT2D eigenvalue weighted by atomic mass is 9.99. The molecule has 1 amide bonds. The van der Waals surface area contributed by atoms with E-state index in [0.717, 1.165) is 103 Å². The van der Waals surface area contributed by atoms with Gasteiger partial charge in [-0.2, -0.15) is 0 Å². The van der Waals surface area contributed by atoms with Crippen molar-refractivity contribution in [2.75, 3.05) is 13.2 Å². The summed E-state index contributed by atoms with van der Waals surface area (Å²) < 4.78 is 17.6. The van der Waals surface area contributed by atoms with Crippen LogP contribution in [0.15, 0.2) is 97.2 Å². The summed E-state index contributed by atoms with van der Waals surface area (Å²) in [7, 11) is 0. The van der Waals surface area contributed by atoms with Crippen molar-refractivity contribution in [1.82, 2.24) is 5.32 Å². The van der Waals surface area contributed by atoms with Gasteiger partial charge in [-0.1, -0.05) is 240 Å². The second-order valence-electron chi connectivity index (χ2n) is 20.4. The summed E-state index contributed by atoms with van der Waals surface area (Å²) in [5, 5.41) is 56.9. The number of allylic oxidation sites excluding steroid dienone is 15. The molecule has 11 heteroatoms. The van der Waals surface area contributed by atoms with E-state index in [1.807, 2.05) is 42.5 Å². The van der Waals surface area contributed by atoms with Crippen LogP contribution in [0.3, 0.4) is 0 Å². The van der Waals surface area contributed by atoms with Crippen molar-refractivity contribution in [3.05, 3.63) is 97.2 Å². The third-order valence-electron chi connectivity index (χ3n) is 13.6. The molecule has 0 saturated carbocycles. The Morgan fingerprint density at radius 3 is 1.59 bits per heavy atom. The van der Waals surface area contributed by atoms with Crippen LogP contribution in [0.4, 0.5) is 0 Å². The summed E-state index contributed by atoms with van der Waals surface area (Å²) in [5.74, 6) is -1.24. The van der Waals surface area contributed by atoms with Crippen molar-refractivity contribution in [1.29, 1.82) is 0 Å². The molecule has 0 bridgehead atoms. The number of ether oxygens (including phenoxy) is 3. The summed E-state index contributed by atoms with van der Waals surface area (Å²) in [6.45, 7) is 5.59. The van der Waals surface area contributed by atoms with Gasteiger partial charge in [0.05, 0.1) is 25.4 Å². The number of esters is 1. The van der Waals surface area contributed by atoms with E-state index >= 15 is 0 Å². The molecule has 0 aromatic carbocycles. The summed E-state index contributed by atoms with van der Waals surface area (Å²) in [6, 6.07) is -1.04. The predicted octanol–water partition coefficient (Wildman–Crippen LogP) is 13.9. The van der Waals surface area contributed by atoms with Crippen molar-refractivity contribution in [2.24, 2.45) is 0 Å². The van der Waals surface area contributed by atoms with Crippen molar-refractivity contribution in [3.63, 3.8) is 0 Å². The molecule has 8 unspecified atom stereocenters. The number of hydrogen-bond acceptors (Lipinski definition) is 10. The minimum atomic E-state index is -1.63. The van der Waals surface area contributed by atoms with Crippen LogP contribution in [0, 0.1) is 0 Å². The molecule has 6 N–H and O–H groups in total. The molecule has 0 radical (unpaired) electrons. The van der Waals surface area contributed by atoms with Gasteiger partial charge in [0.1, 0.15) is 24.4 Å². The van der Waals surface area contributed by atoms with Gasteiger partial charge in [0.25, 0.3) is 0 Å². The van der Waals surface area contributed by atoms with Crippen LogP contribution in [-0.4, -0.2) is 99.6 Å². The van der Waals surface area contributed by atoms with E-state index < -0.39 is 67.4 Å². The minimum absolute atomic E-state index is 0.0909. The van der Waals surface area contributed by atoms with Gasteiger partial charge in [0.2, 0.25) is 5.91 Å². The van der Waals surface area contributed by atoms with Crippen LogP contribution in [0.5, 0.6) is 0 Å². The number of carbonyl (C=O) groups is 2. The highest BCUT2D eigenvalue weighted by molar-refractivity contribution is 5.80. The lowest BCUT2D eigenvalue weighted by Crippen LogP contribution is -2.61. The fraction of sp³-hybridized carbons (Fsp3) is 0.719. The molecule has 1 saturated heterocycles. The predicted molar refractivity (Wildman–Crippen MR) is 310 cm³/mol. The third kappa shape index (κ3) is 39.6. The number of rotatable bonds is 49. The quantitative estimate of drug-likeness (QED) is 0.0149. The Morgan fingerprint density at radius 2 is 1.01 bits per heavy atom. The highest BCUT2D eigenvalue weighted by atomic mass is 16.7. The number of carbonyl (C=O) groups excluding carboxylic acids is 2. The van der Waals surface area contributed by atoms with E-state index in [1.54, 1.807) is 6.08 Å². The van der Waals surface area contributed by atoms with Crippen molar-refractivity contribution >= 4 is 11.9 Å². The van der Waals surface area contributed by atoms with Gasteiger partial charge in [-0.05, 0) is 83.5 Å². The lowest BCUT2D eigenvalue weighted by Gasteiger charge is -2.41. The van der Waals surface area contributed by atoms with E-state index in [9.17, 15) is 35.1 Å². The molecule has 430 valence electrons. The molecule has 0 spiro atoms. The zero-order valence-electron chi connectivity index (χ0n) is 47.4. The Kier molecular flexibility index (Phi) is 47.6. The molecule has 0 aromatic rings. The SMILES string of the molecule is CC/C=C/C=C/C=C/C=C\CCCCCCCC(=O)OC1C(OCC(NC(=O)C(O)CCCCCCC/C=C\C/C=C\C/C=C\CCCCC)C(O)/C=C/CCCCCCCCCCCCC)OC(CO)C(O)C1O. The number of unbranched alkanes of at least 4 members (excludes halogenated alkanes) is 24. The van der Waals surface area contributed by atoms with Gasteiger partial charge in [-0.25, -0.2) is 0 Å². The Balaban J connectivity index is 2.75. The first kappa shape index (κ1) is 69.6. The normalized spacial score (nSPS) is 19.9. The molecular formula is C64H109NO10. The van der Waals surface area contributed by atoms with Crippen molar-refractivity contribution in [2.45, 2.75) is 282 Å². The fourth-order valence-corrected chi connectivity index (χ4v) is 8.78. The Labute approximate surface area is 456 Å². The smallest absolute Gasteiger partial charge is 0.306 e. The molecule has 75 heavy (non-hydrogen) atoms. The Bertz CT molecular complexity index is 1580. The van der Waals surface area contributed by atoms with Crippen LogP contribution in [0.1, 0.15) is 233 Å². The maximum absolute atomic E-state index is 13.4. The molecule has 1 heterocycles. The molecule has 1 rings (SSSR count). The highest BCUT2D eigenvalue weighted by Gasteiger charge is 2.47. The van der Waals surface area contributed by atoms with Crippen LogP contribution in [-0.2, 0) is 23.8 Å². The standard InChI is InChI=1S/C64H109NO10/c1-4-7-10-13-16-19-22-25-27-28-29-31-33-36-39-42-45-48-51-57(68)63(72)65-55(56(67)50-47-44-41-38-35-32-24-21-18-15-12-9-6-3)54-73-64-62(61(71)60(70)58(53-66)74-64)75-59(69)52-49-46-43-40-37-34-30-26-23-20-17-14-11-8-5-2/h8,11,14,16-17,19-20,23,25-27,29-31,47,50,55-58,60-62,64,66-68,70-71H,4-7,9-10,12-13,15,18,21-22,24,28,32-46,48-49,51-54H2,1-3H3,(H,65,72)/b11-8+,17-14+,19-16-,23-20+,27-25-,30-26-,31-29-,50-47+. The van der Waals surface area contributed by atoms with Crippen LogP contribution in [0.2, 0.25) is 0 Å². The summed E-state index contributed by atoms with van der Waals surface area (Å²) in [6.07, 6.45) is 57.2. The molecule has 0 aromatic heterocycles. The van der Waals surface area contributed by atoms with Gasteiger partial charge in [0.15, 0.2) is 12.4 Å². The first-order valence-corrected chi connectivity index (χ1v) is 30.1. The minimum Gasteiger partial charge on any atom is -0.454 e. The molecule has 11 nitrogen and oxygen atoms in total. The molecule has 1 aliphatic rings. The molecule has 0 aliphatic carbocycles. The molecular weight excluding hydrogens is 943 g/mol. The number of aliphatic hydroxyl groups excluding tert-OH is 5. The maximum Gasteiger partial charge on any atom is 0.306 e. The Morgan fingerprint density at radius 1 is 0.547 bits per heavy atom. The highest BCUT2D eigenvalue weighted by Crippen LogP contribution is 2.26. The van der Waals surface area contributed by atoms with Gasteiger partial charge in [-0.15, -0.1) is 0 Å². The van der Waals surface area contributed by atoms with E-state index in [0.29, 0.717) is 12.8 Å². The molecule has 1 aliphatic heterocycles. The largest absolute Gasteiger partial charge is 0.454 e. The molecule has 1 fully saturated rings. The summed E-state index contributed by atoms with van der Waals surface area (Å²) >= 11 is 0. The van der Waals surface area contributed by atoms with E-state index in [-0.39, 0.29) is 19.4 Å².